The molecule has 0 aromatic carbocycles. The predicted octanol–water partition coefficient (Wildman–Crippen LogP) is 0.315. The second-order valence-electron chi connectivity index (χ2n) is 6.09. The van der Waals surface area contributed by atoms with E-state index < -0.39 is 0 Å². The zero-order valence-corrected chi connectivity index (χ0v) is 14.5. The first-order valence-electron chi connectivity index (χ1n) is 8.78. The zero-order chi connectivity index (χ0) is 16.7. The molecular formula is C16H30N4O3. The molecule has 2 rings (SSSR count). The molecule has 2 aliphatic heterocycles. The summed E-state index contributed by atoms with van der Waals surface area (Å²) in [7, 11) is 0. The Morgan fingerprint density at radius 3 is 1.96 bits per heavy atom. The van der Waals surface area contributed by atoms with Crippen LogP contribution in [0.4, 0.5) is 4.79 Å². The summed E-state index contributed by atoms with van der Waals surface area (Å²) in [6.07, 6.45) is 0.350. The van der Waals surface area contributed by atoms with Gasteiger partial charge in [0.1, 0.15) is 0 Å². The lowest BCUT2D eigenvalue weighted by atomic mass is 10.2. The van der Waals surface area contributed by atoms with Crippen LogP contribution < -0.4 is 0 Å². The second-order valence-corrected chi connectivity index (χ2v) is 6.09. The van der Waals surface area contributed by atoms with Crippen molar-refractivity contribution in [3.63, 3.8) is 0 Å². The number of ether oxygens (including phenoxy) is 1. The van der Waals surface area contributed by atoms with E-state index in [2.05, 4.69) is 16.7 Å². The Bertz CT molecular complexity index is 389. The van der Waals surface area contributed by atoms with E-state index >= 15 is 0 Å². The number of amides is 2. The minimum Gasteiger partial charge on any atom is -0.450 e. The van der Waals surface area contributed by atoms with Gasteiger partial charge in [-0.15, -0.1) is 0 Å². The van der Waals surface area contributed by atoms with E-state index in [1.54, 1.807) is 4.90 Å². The minimum atomic E-state index is -0.225. The molecule has 2 aliphatic rings. The lowest BCUT2D eigenvalue weighted by molar-refractivity contribution is -0.133. The van der Waals surface area contributed by atoms with Crippen LogP contribution in [0.5, 0.6) is 0 Å². The van der Waals surface area contributed by atoms with Gasteiger partial charge in [0.05, 0.1) is 6.61 Å². The van der Waals surface area contributed by atoms with Gasteiger partial charge in [-0.05, 0) is 13.5 Å². The van der Waals surface area contributed by atoms with Crippen molar-refractivity contribution in [3.8, 4) is 0 Å². The van der Waals surface area contributed by atoms with Crippen LogP contribution in [-0.4, -0.2) is 104 Å². The van der Waals surface area contributed by atoms with Gasteiger partial charge in [-0.3, -0.25) is 9.69 Å². The van der Waals surface area contributed by atoms with Gasteiger partial charge in [0, 0.05) is 65.3 Å². The molecule has 132 valence electrons. The topological polar surface area (TPSA) is 56.3 Å². The molecule has 2 saturated heterocycles. The maximum Gasteiger partial charge on any atom is 0.409 e. The Hall–Kier alpha value is -1.34. The van der Waals surface area contributed by atoms with E-state index in [9.17, 15) is 9.59 Å². The highest BCUT2D eigenvalue weighted by Crippen LogP contribution is 2.07. The van der Waals surface area contributed by atoms with E-state index in [0.29, 0.717) is 26.1 Å². The van der Waals surface area contributed by atoms with Crippen LogP contribution >= 0.6 is 0 Å². The Kier molecular flexibility index (Phi) is 7.11. The third kappa shape index (κ3) is 5.35. The van der Waals surface area contributed by atoms with E-state index in [1.807, 2.05) is 11.8 Å². The first kappa shape index (κ1) is 18.0. The number of rotatable bonds is 5. The van der Waals surface area contributed by atoms with Crippen molar-refractivity contribution in [2.45, 2.75) is 20.3 Å². The molecule has 7 heteroatoms. The number of carbonyl (C=O) groups is 2. The molecule has 2 heterocycles. The van der Waals surface area contributed by atoms with E-state index in [0.717, 1.165) is 52.4 Å². The fourth-order valence-corrected chi connectivity index (χ4v) is 3.09. The lowest BCUT2D eigenvalue weighted by Gasteiger charge is -2.36. The number of piperazine rings is 2. The Labute approximate surface area is 139 Å². The fraction of sp³-hybridized carbons (Fsp3) is 0.875. The molecule has 0 N–H and O–H groups in total. The molecule has 0 unspecified atom stereocenters. The summed E-state index contributed by atoms with van der Waals surface area (Å²) in [6.45, 7) is 12.9. The highest BCUT2D eigenvalue weighted by molar-refractivity contribution is 5.76. The predicted molar refractivity (Wildman–Crippen MR) is 88.3 cm³/mol. The van der Waals surface area contributed by atoms with Gasteiger partial charge in [0.15, 0.2) is 0 Å². The molecule has 0 aromatic rings. The van der Waals surface area contributed by atoms with Crippen molar-refractivity contribution >= 4 is 12.0 Å². The molecule has 0 aliphatic carbocycles. The van der Waals surface area contributed by atoms with Gasteiger partial charge in [-0.25, -0.2) is 4.79 Å². The summed E-state index contributed by atoms with van der Waals surface area (Å²) in [5.41, 5.74) is 0. The summed E-state index contributed by atoms with van der Waals surface area (Å²) in [5.74, 6) is 0.258. The number of nitrogens with zero attached hydrogens (tertiary/aromatic N) is 4. The average Bonchev–Trinajstić information content (AvgIpc) is 2.60. The van der Waals surface area contributed by atoms with Crippen LogP contribution in [-0.2, 0) is 9.53 Å². The van der Waals surface area contributed by atoms with E-state index in [1.165, 1.54) is 0 Å². The summed E-state index contributed by atoms with van der Waals surface area (Å²) in [6, 6.07) is 0. The Balaban J connectivity index is 1.63. The molecule has 0 radical (unpaired) electrons. The molecule has 0 saturated carbocycles. The maximum atomic E-state index is 12.3. The molecule has 0 aromatic heterocycles. The summed E-state index contributed by atoms with van der Waals surface area (Å²) in [4.78, 5) is 32.3. The van der Waals surface area contributed by atoms with Crippen molar-refractivity contribution in [3.05, 3.63) is 0 Å². The average molecular weight is 326 g/mol. The largest absolute Gasteiger partial charge is 0.450 e. The third-order valence-electron chi connectivity index (χ3n) is 4.71. The smallest absolute Gasteiger partial charge is 0.409 e. The number of hydrogen-bond acceptors (Lipinski definition) is 5. The Morgan fingerprint density at radius 1 is 0.826 bits per heavy atom. The molecule has 2 fully saturated rings. The van der Waals surface area contributed by atoms with Gasteiger partial charge in [0.25, 0.3) is 0 Å². The van der Waals surface area contributed by atoms with Crippen molar-refractivity contribution in [1.29, 1.82) is 0 Å². The number of likely N-dealkylation sites (N-methyl/N-ethyl adjacent to an activating group) is 1. The van der Waals surface area contributed by atoms with Gasteiger partial charge in [-0.1, -0.05) is 6.92 Å². The maximum absolute atomic E-state index is 12.3. The summed E-state index contributed by atoms with van der Waals surface area (Å²) < 4.78 is 5.02. The fourth-order valence-electron chi connectivity index (χ4n) is 3.09. The zero-order valence-electron chi connectivity index (χ0n) is 14.5. The highest BCUT2D eigenvalue weighted by Gasteiger charge is 2.24. The van der Waals surface area contributed by atoms with Gasteiger partial charge in [0.2, 0.25) is 5.91 Å². The number of carbonyl (C=O) groups excluding carboxylic acids is 2. The molecule has 23 heavy (non-hydrogen) atoms. The van der Waals surface area contributed by atoms with Gasteiger partial charge < -0.3 is 19.4 Å². The lowest BCUT2D eigenvalue weighted by Crippen LogP contribution is -2.51. The monoisotopic (exact) mass is 326 g/mol. The molecule has 0 atom stereocenters. The number of hydrogen-bond donors (Lipinski definition) is 0. The van der Waals surface area contributed by atoms with Crippen LogP contribution in [0, 0.1) is 0 Å². The van der Waals surface area contributed by atoms with Crippen molar-refractivity contribution < 1.29 is 14.3 Å². The first-order chi connectivity index (χ1) is 11.1. The first-order valence-corrected chi connectivity index (χ1v) is 8.78. The second kappa shape index (κ2) is 9.08. The molecule has 0 bridgehead atoms. The van der Waals surface area contributed by atoms with Crippen LogP contribution in [0.2, 0.25) is 0 Å². The van der Waals surface area contributed by atoms with Crippen LogP contribution in [0.3, 0.4) is 0 Å². The Morgan fingerprint density at radius 2 is 1.39 bits per heavy atom. The standard InChI is InChI=1S/C16H30N4O3/c1-3-17-7-11-19(12-8-17)15(21)5-6-18-9-13-20(14-10-18)16(22)23-4-2/h3-14H2,1-2H3. The van der Waals surface area contributed by atoms with Crippen molar-refractivity contribution in [2.24, 2.45) is 0 Å². The van der Waals surface area contributed by atoms with Crippen molar-refractivity contribution in [2.75, 3.05) is 72.1 Å². The van der Waals surface area contributed by atoms with Gasteiger partial charge >= 0.3 is 6.09 Å². The van der Waals surface area contributed by atoms with Crippen LogP contribution in [0.15, 0.2) is 0 Å². The van der Waals surface area contributed by atoms with Crippen molar-refractivity contribution in [1.82, 2.24) is 19.6 Å². The summed E-state index contributed by atoms with van der Waals surface area (Å²) in [5, 5.41) is 0. The molecular weight excluding hydrogens is 296 g/mol. The summed E-state index contributed by atoms with van der Waals surface area (Å²) >= 11 is 0. The normalized spacial score (nSPS) is 20.6. The molecule has 2 amide bonds. The third-order valence-corrected chi connectivity index (χ3v) is 4.71. The van der Waals surface area contributed by atoms with Crippen LogP contribution in [0.25, 0.3) is 0 Å². The quantitative estimate of drug-likeness (QED) is 0.728. The van der Waals surface area contributed by atoms with Crippen LogP contribution in [0.1, 0.15) is 20.3 Å². The van der Waals surface area contributed by atoms with Gasteiger partial charge in [-0.2, -0.15) is 0 Å². The highest BCUT2D eigenvalue weighted by atomic mass is 16.6. The molecule has 7 nitrogen and oxygen atoms in total. The molecule has 0 spiro atoms. The SMILES string of the molecule is CCOC(=O)N1CCN(CCC(=O)N2CCN(CC)CC2)CC1. The minimum absolute atomic E-state index is 0.225. The van der Waals surface area contributed by atoms with E-state index in [4.69, 9.17) is 4.74 Å². The van der Waals surface area contributed by atoms with E-state index in [-0.39, 0.29) is 12.0 Å².